The molecule has 0 aliphatic rings. The summed E-state index contributed by atoms with van der Waals surface area (Å²) in [6.07, 6.45) is 3.71. The van der Waals surface area contributed by atoms with Crippen LogP contribution in [0, 0.1) is 0 Å². The molecule has 20 heavy (non-hydrogen) atoms. The van der Waals surface area contributed by atoms with Crippen LogP contribution in [-0.2, 0) is 4.74 Å². The third-order valence-electron chi connectivity index (χ3n) is 2.75. The molecular weight excluding hydrogens is 252 g/mol. The summed E-state index contributed by atoms with van der Waals surface area (Å²) in [5, 5.41) is 0. The number of ether oxygens (including phenoxy) is 2. The molecule has 2 aromatic carbocycles. The van der Waals surface area contributed by atoms with E-state index in [0.717, 1.165) is 11.3 Å². The van der Waals surface area contributed by atoms with Crippen molar-refractivity contribution in [3.63, 3.8) is 0 Å². The number of carbonyl (C=O) groups is 1. The van der Waals surface area contributed by atoms with Crippen LogP contribution in [0.5, 0.6) is 5.75 Å². The minimum absolute atomic E-state index is 0.250. The van der Waals surface area contributed by atoms with Gasteiger partial charge in [0.05, 0.1) is 12.7 Å². The summed E-state index contributed by atoms with van der Waals surface area (Å²) in [5.74, 6) is 0.502. The minimum Gasteiger partial charge on any atom is -0.497 e. The van der Waals surface area contributed by atoms with Crippen molar-refractivity contribution in [1.29, 1.82) is 0 Å². The van der Waals surface area contributed by atoms with Crippen molar-refractivity contribution < 1.29 is 14.3 Å². The molecule has 102 valence electrons. The number of benzene rings is 2. The van der Waals surface area contributed by atoms with E-state index in [0.29, 0.717) is 5.56 Å². The maximum atomic E-state index is 11.7. The zero-order chi connectivity index (χ0) is 14.2. The van der Waals surface area contributed by atoms with Crippen LogP contribution in [0.4, 0.5) is 0 Å². The van der Waals surface area contributed by atoms with E-state index in [-0.39, 0.29) is 12.6 Å². The lowest BCUT2D eigenvalue weighted by molar-refractivity contribution is 0.0550. The molecule has 0 aliphatic carbocycles. The molecule has 3 heteroatoms. The molecule has 0 saturated carbocycles. The van der Waals surface area contributed by atoms with E-state index >= 15 is 0 Å². The van der Waals surface area contributed by atoms with Crippen molar-refractivity contribution >= 4 is 12.0 Å². The molecule has 0 aliphatic heterocycles. The highest BCUT2D eigenvalue weighted by Crippen LogP contribution is 2.12. The van der Waals surface area contributed by atoms with E-state index in [1.807, 2.05) is 54.6 Å². The molecular formula is C17H16O3. The van der Waals surface area contributed by atoms with Gasteiger partial charge in [-0.05, 0) is 35.9 Å². The van der Waals surface area contributed by atoms with Crippen molar-refractivity contribution in [2.24, 2.45) is 0 Å². The normalized spacial score (nSPS) is 10.4. The Morgan fingerprint density at radius 2 is 1.75 bits per heavy atom. The van der Waals surface area contributed by atoms with E-state index in [1.165, 1.54) is 0 Å². The van der Waals surface area contributed by atoms with E-state index in [1.54, 1.807) is 19.2 Å². The van der Waals surface area contributed by atoms with Gasteiger partial charge in [0.1, 0.15) is 12.4 Å². The zero-order valence-corrected chi connectivity index (χ0v) is 11.3. The highest BCUT2D eigenvalue weighted by Gasteiger charge is 2.03. The Bertz CT molecular complexity index is 571. The molecule has 0 saturated heterocycles. The fraction of sp³-hybridized carbons (Fsp3) is 0.118. The molecule has 2 rings (SSSR count). The largest absolute Gasteiger partial charge is 0.497 e. The molecule has 0 heterocycles. The number of hydrogen-bond acceptors (Lipinski definition) is 3. The Hall–Kier alpha value is -2.55. The Balaban J connectivity index is 1.83. The molecule has 2 aromatic rings. The molecule has 0 radical (unpaired) electrons. The van der Waals surface area contributed by atoms with Gasteiger partial charge in [0.2, 0.25) is 0 Å². The lowest BCUT2D eigenvalue weighted by atomic mass is 10.2. The smallest absolute Gasteiger partial charge is 0.338 e. The summed E-state index contributed by atoms with van der Waals surface area (Å²) in [6.45, 7) is 0.250. The molecule has 3 nitrogen and oxygen atoms in total. The van der Waals surface area contributed by atoms with Gasteiger partial charge in [0.25, 0.3) is 0 Å². The van der Waals surface area contributed by atoms with Gasteiger partial charge in [-0.1, -0.05) is 36.4 Å². The highest BCUT2D eigenvalue weighted by molar-refractivity contribution is 5.89. The van der Waals surface area contributed by atoms with E-state index in [2.05, 4.69) is 0 Å². The molecule has 0 unspecified atom stereocenters. The van der Waals surface area contributed by atoms with Crippen LogP contribution in [0.1, 0.15) is 15.9 Å². The predicted octanol–water partition coefficient (Wildman–Crippen LogP) is 3.57. The summed E-state index contributed by atoms with van der Waals surface area (Å²) < 4.78 is 10.2. The number of carbonyl (C=O) groups excluding carboxylic acids is 1. The molecule has 0 amide bonds. The first-order valence-corrected chi connectivity index (χ1v) is 6.32. The quantitative estimate of drug-likeness (QED) is 0.778. The van der Waals surface area contributed by atoms with Crippen molar-refractivity contribution in [3.05, 3.63) is 71.8 Å². The second-order valence-electron chi connectivity index (χ2n) is 4.14. The van der Waals surface area contributed by atoms with Gasteiger partial charge in [-0.25, -0.2) is 4.79 Å². The van der Waals surface area contributed by atoms with Crippen molar-refractivity contribution in [2.75, 3.05) is 13.7 Å². The number of esters is 1. The molecule has 0 fully saturated rings. The molecule has 0 bridgehead atoms. The zero-order valence-electron chi connectivity index (χ0n) is 11.3. The average molecular weight is 268 g/mol. The van der Waals surface area contributed by atoms with Gasteiger partial charge in [-0.3, -0.25) is 0 Å². The van der Waals surface area contributed by atoms with Crippen LogP contribution in [0.25, 0.3) is 6.08 Å². The Morgan fingerprint density at radius 1 is 1.05 bits per heavy atom. The van der Waals surface area contributed by atoms with Gasteiger partial charge in [0, 0.05) is 0 Å². The Morgan fingerprint density at radius 3 is 2.40 bits per heavy atom. The summed E-state index contributed by atoms with van der Waals surface area (Å²) in [7, 11) is 1.63. The number of methoxy groups -OCH3 is 1. The summed E-state index contributed by atoms with van der Waals surface area (Å²) >= 11 is 0. The first kappa shape index (κ1) is 13.9. The van der Waals surface area contributed by atoms with Crippen molar-refractivity contribution in [1.82, 2.24) is 0 Å². The number of hydrogen-bond donors (Lipinski definition) is 0. The fourth-order valence-corrected chi connectivity index (χ4v) is 1.68. The molecule has 0 atom stereocenters. The van der Waals surface area contributed by atoms with E-state index in [9.17, 15) is 4.79 Å². The SMILES string of the molecule is COc1ccc(/C=C/COC(=O)c2ccccc2)cc1. The fourth-order valence-electron chi connectivity index (χ4n) is 1.68. The Kier molecular flexibility index (Phi) is 4.95. The molecule has 0 spiro atoms. The van der Waals surface area contributed by atoms with Crippen LogP contribution >= 0.6 is 0 Å². The van der Waals surface area contributed by atoms with Crippen LogP contribution < -0.4 is 4.74 Å². The lowest BCUT2D eigenvalue weighted by Crippen LogP contribution is -2.04. The van der Waals surface area contributed by atoms with Crippen LogP contribution in [0.2, 0.25) is 0 Å². The van der Waals surface area contributed by atoms with Crippen LogP contribution in [0.15, 0.2) is 60.7 Å². The van der Waals surface area contributed by atoms with E-state index < -0.39 is 0 Å². The monoisotopic (exact) mass is 268 g/mol. The predicted molar refractivity (Wildman–Crippen MR) is 78.8 cm³/mol. The molecule has 0 aromatic heterocycles. The lowest BCUT2D eigenvalue weighted by Gasteiger charge is -2.01. The standard InChI is InChI=1S/C17H16O3/c1-19-16-11-9-14(10-12-16)6-5-13-20-17(18)15-7-3-2-4-8-15/h2-12H,13H2,1H3/b6-5+. The second-order valence-corrected chi connectivity index (χ2v) is 4.14. The molecule has 0 N–H and O–H groups in total. The third kappa shape index (κ3) is 3.99. The van der Waals surface area contributed by atoms with Gasteiger partial charge in [-0.15, -0.1) is 0 Å². The summed E-state index contributed by atoms with van der Waals surface area (Å²) in [5.41, 5.74) is 1.59. The highest BCUT2D eigenvalue weighted by atomic mass is 16.5. The van der Waals surface area contributed by atoms with Gasteiger partial charge >= 0.3 is 5.97 Å². The average Bonchev–Trinajstić information content (AvgIpc) is 2.53. The Labute approximate surface area is 118 Å². The third-order valence-corrected chi connectivity index (χ3v) is 2.75. The van der Waals surface area contributed by atoms with Gasteiger partial charge < -0.3 is 9.47 Å². The topological polar surface area (TPSA) is 35.5 Å². The van der Waals surface area contributed by atoms with E-state index in [4.69, 9.17) is 9.47 Å². The summed E-state index contributed by atoms with van der Waals surface area (Å²) in [4.78, 5) is 11.7. The van der Waals surface area contributed by atoms with Gasteiger partial charge in [0.15, 0.2) is 0 Å². The van der Waals surface area contributed by atoms with Crippen LogP contribution in [-0.4, -0.2) is 19.7 Å². The maximum absolute atomic E-state index is 11.7. The van der Waals surface area contributed by atoms with Crippen molar-refractivity contribution in [3.8, 4) is 5.75 Å². The van der Waals surface area contributed by atoms with Crippen molar-refractivity contribution in [2.45, 2.75) is 0 Å². The second kappa shape index (κ2) is 7.14. The maximum Gasteiger partial charge on any atom is 0.338 e. The minimum atomic E-state index is -0.315. The van der Waals surface area contributed by atoms with Crippen LogP contribution in [0.3, 0.4) is 0 Å². The first-order chi connectivity index (χ1) is 9.79. The number of rotatable bonds is 5. The summed E-state index contributed by atoms with van der Waals surface area (Å²) in [6, 6.07) is 16.6. The first-order valence-electron chi connectivity index (χ1n) is 6.32. The van der Waals surface area contributed by atoms with Gasteiger partial charge in [-0.2, -0.15) is 0 Å².